The highest BCUT2D eigenvalue weighted by atomic mass is 16.1. The van der Waals surface area contributed by atoms with Crippen molar-refractivity contribution in [2.45, 2.75) is 19.8 Å². The molecule has 70 valence electrons. The van der Waals surface area contributed by atoms with Crippen molar-refractivity contribution < 1.29 is 4.79 Å². The van der Waals surface area contributed by atoms with Gasteiger partial charge < -0.3 is 10.7 Å². The van der Waals surface area contributed by atoms with Crippen molar-refractivity contribution in [1.29, 1.82) is 0 Å². The first-order valence-corrected chi connectivity index (χ1v) is 4.16. The summed E-state index contributed by atoms with van der Waals surface area (Å²) in [6.45, 7) is 2.00. The summed E-state index contributed by atoms with van der Waals surface area (Å²) in [5.41, 5.74) is 5.80. The molecule has 1 amide bonds. The van der Waals surface area contributed by atoms with Gasteiger partial charge >= 0.3 is 0 Å². The van der Waals surface area contributed by atoms with Gasteiger partial charge in [-0.25, -0.2) is 0 Å². The first-order chi connectivity index (χ1) is 6.13. The fourth-order valence-corrected chi connectivity index (χ4v) is 1.15. The molecular weight excluding hydrogens is 168 g/mol. The van der Waals surface area contributed by atoms with Crippen molar-refractivity contribution in [3.63, 3.8) is 0 Å². The quantitative estimate of drug-likeness (QED) is 0.707. The van der Waals surface area contributed by atoms with Gasteiger partial charge in [-0.2, -0.15) is 0 Å². The predicted octanol–water partition coefficient (Wildman–Crippen LogP) is 0.426. The maximum absolute atomic E-state index is 11.0. The number of carbonyl (C=O) groups excluding carboxylic acids is 1. The molecule has 0 fully saturated rings. The Labute approximate surface area is 75.8 Å². The van der Waals surface area contributed by atoms with Crippen molar-refractivity contribution in [3.05, 3.63) is 33.7 Å². The van der Waals surface area contributed by atoms with Crippen LogP contribution in [0.4, 0.5) is 0 Å². The third kappa shape index (κ3) is 2.43. The van der Waals surface area contributed by atoms with Crippen LogP contribution < -0.4 is 11.3 Å². The van der Waals surface area contributed by atoms with E-state index in [4.69, 9.17) is 5.73 Å². The first-order valence-electron chi connectivity index (χ1n) is 4.16. The number of aromatic nitrogens is 1. The molecule has 0 aliphatic heterocycles. The van der Waals surface area contributed by atoms with Crippen LogP contribution in [0, 0.1) is 0 Å². The van der Waals surface area contributed by atoms with Crippen molar-refractivity contribution in [1.82, 2.24) is 4.98 Å². The summed E-state index contributed by atoms with van der Waals surface area (Å²) in [7, 11) is 0. The zero-order valence-electron chi connectivity index (χ0n) is 7.46. The Morgan fingerprint density at radius 2 is 2.23 bits per heavy atom. The van der Waals surface area contributed by atoms with Crippen LogP contribution in [0.1, 0.15) is 29.4 Å². The van der Waals surface area contributed by atoms with Gasteiger partial charge in [-0.15, -0.1) is 0 Å². The lowest BCUT2D eigenvalue weighted by Crippen LogP contribution is -2.17. The Kier molecular flexibility index (Phi) is 2.84. The monoisotopic (exact) mass is 180 g/mol. The number of rotatable bonds is 3. The molecule has 0 saturated carbocycles. The summed E-state index contributed by atoms with van der Waals surface area (Å²) in [6, 6.07) is 2.83. The fraction of sp³-hybridized carbons (Fsp3) is 0.333. The maximum Gasteiger partial charge on any atom is 0.248 e. The van der Waals surface area contributed by atoms with Crippen LogP contribution in [0.25, 0.3) is 0 Å². The van der Waals surface area contributed by atoms with Crippen LogP contribution in [-0.2, 0) is 6.42 Å². The molecular formula is C9H12N2O2. The maximum atomic E-state index is 11.0. The minimum atomic E-state index is -0.566. The van der Waals surface area contributed by atoms with Gasteiger partial charge in [-0.05, 0) is 12.5 Å². The van der Waals surface area contributed by atoms with Gasteiger partial charge in [0.15, 0.2) is 0 Å². The highest BCUT2D eigenvalue weighted by Crippen LogP contribution is 2.00. The van der Waals surface area contributed by atoms with Gasteiger partial charge in [0.25, 0.3) is 0 Å². The van der Waals surface area contributed by atoms with E-state index in [0.717, 1.165) is 18.5 Å². The molecule has 0 saturated heterocycles. The number of amides is 1. The van der Waals surface area contributed by atoms with Gasteiger partial charge in [-0.3, -0.25) is 9.59 Å². The second-order valence-corrected chi connectivity index (χ2v) is 2.87. The standard InChI is InChI=1S/C9H12N2O2/c1-2-3-7-4-6(9(10)13)5-8(12)11-7/h4-5H,2-3H2,1H3,(H2,10,13)(H,11,12). The number of pyridine rings is 1. The molecule has 0 aliphatic carbocycles. The molecule has 13 heavy (non-hydrogen) atoms. The molecule has 1 aromatic heterocycles. The van der Waals surface area contributed by atoms with Crippen LogP contribution in [0.15, 0.2) is 16.9 Å². The van der Waals surface area contributed by atoms with Crippen molar-refractivity contribution >= 4 is 5.91 Å². The average Bonchev–Trinajstić information content (AvgIpc) is 2.03. The average molecular weight is 180 g/mol. The van der Waals surface area contributed by atoms with E-state index in [2.05, 4.69) is 4.98 Å². The van der Waals surface area contributed by atoms with E-state index in [-0.39, 0.29) is 11.1 Å². The van der Waals surface area contributed by atoms with Crippen molar-refractivity contribution in [2.75, 3.05) is 0 Å². The zero-order valence-corrected chi connectivity index (χ0v) is 7.46. The Hall–Kier alpha value is -1.58. The third-order valence-electron chi connectivity index (χ3n) is 1.70. The number of hydrogen-bond acceptors (Lipinski definition) is 2. The summed E-state index contributed by atoms with van der Waals surface area (Å²) in [5.74, 6) is -0.566. The Bertz CT molecular complexity index is 368. The van der Waals surface area contributed by atoms with Crippen LogP contribution in [0.3, 0.4) is 0 Å². The second kappa shape index (κ2) is 3.89. The van der Waals surface area contributed by atoms with E-state index in [9.17, 15) is 9.59 Å². The fourth-order valence-electron chi connectivity index (χ4n) is 1.15. The number of nitrogens with one attached hydrogen (secondary N) is 1. The highest BCUT2D eigenvalue weighted by Gasteiger charge is 2.03. The van der Waals surface area contributed by atoms with Crippen LogP contribution >= 0.6 is 0 Å². The lowest BCUT2D eigenvalue weighted by molar-refractivity contribution is 0.1000. The van der Waals surface area contributed by atoms with E-state index < -0.39 is 5.91 Å². The molecule has 4 heteroatoms. The summed E-state index contributed by atoms with van der Waals surface area (Å²) in [5, 5.41) is 0. The zero-order chi connectivity index (χ0) is 9.84. The lowest BCUT2D eigenvalue weighted by atomic mass is 10.1. The molecule has 4 nitrogen and oxygen atoms in total. The number of nitrogens with two attached hydrogens (primary N) is 1. The molecule has 1 heterocycles. The molecule has 3 N–H and O–H groups in total. The molecule has 0 aliphatic rings. The van der Waals surface area contributed by atoms with E-state index in [0.29, 0.717) is 0 Å². The van der Waals surface area contributed by atoms with Gasteiger partial charge in [0, 0.05) is 17.3 Å². The van der Waals surface area contributed by atoms with Crippen LogP contribution in [0.2, 0.25) is 0 Å². The van der Waals surface area contributed by atoms with E-state index >= 15 is 0 Å². The van der Waals surface area contributed by atoms with Crippen molar-refractivity contribution in [3.8, 4) is 0 Å². The second-order valence-electron chi connectivity index (χ2n) is 2.87. The Morgan fingerprint density at radius 1 is 1.54 bits per heavy atom. The van der Waals surface area contributed by atoms with E-state index in [1.807, 2.05) is 6.92 Å². The molecule has 0 radical (unpaired) electrons. The van der Waals surface area contributed by atoms with Crippen LogP contribution in [-0.4, -0.2) is 10.9 Å². The largest absolute Gasteiger partial charge is 0.366 e. The van der Waals surface area contributed by atoms with Crippen molar-refractivity contribution in [2.24, 2.45) is 5.73 Å². The summed E-state index contributed by atoms with van der Waals surface area (Å²) in [6.07, 6.45) is 1.66. The summed E-state index contributed by atoms with van der Waals surface area (Å²) < 4.78 is 0. The Morgan fingerprint density at radius 3 is 2.77 bits per heavy atom. The predicted molar refractivity (Wildman–Crippen MR) is 49.6 cm³/mol. The number of aryl methyl sites for hydroxylation is 1. The van der Waals surface area contributed by atoms with E-state index in [1.54, 1.807) is 6.07 Å². The summed E-state index contributed by atoms with van der Waals surface area (Å²) in [4.78, 5) is 24.4. The molecule has 0 bridgehead atoms. The van der Waals surface area contributed by atoms with Gasteiger partial charge in [0.1, 0.15) is 0 Å². The highest BCUT2D eigenvalue weighted by molar-refractivity contribution is 5.92. The normalized spacial score (nSPS) is 9.92. The third-order valence-corrected chi connectivity index (χ3v) is 1.70. The molecule has 1 aromatic rings. The number of hydrogen-bond donors (Lipinski definition) is 2. The SMILES string of the molecule is CCCc1cc(C(N)=O)cc(=O)[nH]1. The Balaban J connectivity index is 3.11. The lowest BCUT2D eigenvalue weighted by Gasteiger charge is -2.00. The van der Waals surface area contributed by atoms with Crippen LogP contribution in [0.5, 0.6) is 0 Å². The minimum Gasteiger partial charge on any atom is -0.366 e. The number of aromatic amines is 1. The summed E-state index contributed by atoms with van der Waals surface area (Å²) >= 11 is 0. The van der Waals surface area contributed by atoms with E-state index in [1.165, 1.54) is 6.07 Å². The topological polar surface area (TPSA) is 76.0 Å². The minimum absolute atomic E-state index is 0.271. The van der Waals surface area contributed by atoms with Gasteiger partial charge in [0.05, 0.1) is 0 Å². The van der Waals surface area contributed by atoms with Gasteiger partial charge in [0.2, 0.25) is 11.5 Å². The molecule has 0 spiro atoms. The number of H-pyrrole nitrogens is 1. The number of carbonyl (C=O) groups is 1. The number of primary amides is 1. The molecule has 0 aromatic carbocycles. The molecule has 0 atom stereocenters. The molecule has 1 rings (SSSR count). The molecule has 0 unspecified atom stereocenters. The smallest absolute Gasteiger partial charge is 0.248 e. The van der Waals surface area contributed by atoms with Gasteiger partial charge in [-0.1, -0.05) is 13.3 Å². The first kappa shape index (κ1) is 9.51.